The average Bonchev–Trinajstić information content (AvgIpc) is 3.09. The molecular formula is C20H18ClN5O3S. The van der Waals surface area contributed by atoms with Crippen LogP contribution in [-0.4, -0.2) is 34.4 Å². The second kappa shape index (κ2) is 7.26. The molecule has 0 radical (unpaired) electrons. The van der Waals surface area contributed by atoms with Crippen LogP contribution in [0.2, 0.25) is 5.02 Å². The number of aryl methyl sites for hydroxylation is 2. The van der Waals surface area contributed by atoms with Crippen LogP contribution in [0.15, 0.2) is 47.4 Å². The molecule has 8 nitrogen and oxygen atoms in total. The van der Waals surface area contributed by atoms with Crippen LogP contribution < -0.4 is 10.3 Å². The van der Waals surface area contributed by atoms with E-state index in [-0.39, 0.29) is 10.6 Å². The summed E-state index contributed by atoms with van der Waals surface area (Å²) in [5, 5.41) is 5.45. The molecule has 1 aromatic carbocycles. The van der Waals surface area contributed by atoms with Gasteiger partial charge in [0.25, 0.3) is 0 Å². The molecule has 10 heteroatoms. The second-order valence-electron chi connectivity index (χ2n) is 7.05. The van der Waals surface area contributed by atoms with Crippen molar-refractivity contribution in [1.29, 1.82) is 0 Å². The van der Waals surface area contributed by atoms with Crippen molar-refractivity contribution in [3.63, 3.8) is 0 Å². The van der Waals surface area contributed by atoms with E-state index in [1.165, 1.54) is 6.07 Å². The van der Waals surface area contributed by atoms with Gasteiger partial charge in [-0.1, -0.05) is 11.6 Å². The highest BCUT2D eigenvalue weighted by Crippen LogP contribution is 2.35. The van der Waals surface area contributed by atoms with Gasteiger partial charge >= 0.3 is 0 Å². The Balaban J connectivity index is 1.98. The molecule has 0 spiro atoms. The van der Waals surface area contributed by atoms with Crippen molar-refractivity contribution in [2.75, 3.05) is 11.0 Å². The van der Waals surface area contributed by atoms with Crippen LogP contribution in [0.25, 0.3) is 28.0 Å². The fourth-order valence-corrected chi connectivity index (χ4v) is 4.22. The first-order valence-corrected chi connectivity index (χ1v) is 11.2. The summed E-state index contributed by atoms with van der Waals surface area (Å²) in [6.07, 6.45) is 2.85. The molecule has 0 saturated heterocycles. The van der Waals surface area contributed by atoms with E-state index in [1.807, 2.05) is 25.1 Å². The molecule has 0 unspecified atom stereocenters. The van der Waals surface area contributed by atoms with E-state index in [1.54, 1.807) is 29.9 Å². The highest BCUT2D eigenvalue weighted by atomic mass is 35.5. The van der Waals surface area contributed by atoms with Crippen LogP contribution in [0.1, 0.15) is 11.3 Å². The average molecular weight is 444 g/mol. The first kappa shape index (κ1) is 20.1. The first-order chi connectivity index (χ1) is 14.1. The lowest BCUT2D eigenvalue weighted by molar-refractivity contribution is 0.607. The number of aromatic nitrogens is 4. The number of pyridine rings is 2. The van der Waals surface area contributed by atoms with E-state index in [4.69, 9.17) is 11.6 Å². The Morgan fingerprint density at radius 1 is 1.13 bits per heavy atom. The number of H-pyrrole nitrogens is 1. The molecule has 0 fully saturated rings. The van der Waals surface area contributed by atoms with E-state index < -0.39 is 10.0 Å². The van der Waals surface area contributed by atoms with Crippen LogP contribution in [0, 0.1) is 13.8 Å². The fourth-order valence-electron chi connectivity index (χ4n) is 3.20. The molecule has 4 aromatic rings. The smallest absolute Gasteiger partial charge is 0.249 e. The van der Waals surface area contributed by atoms with Gasteiger partial charge in [-0.05, 0) is 55.3 Å². The Bertz CT molecular complexity index is 1430. The number of nitrogens with zero attached hydrogens (tertiary/aromatic N) is 3. The lowest BCUT2D eigenvalue weighted by Gasteiger charge is -2.15. The third-order valence-corrected chi connectivity index (χ3v) is 5.39. The normalized spacial score (nSPS) is 11.7. The van der Waals surface area contributed by atoms with Crippen molar-refractivity contribution in [3.8, 4) is 16.9 Å². The zero-order valence-corrected chi connectivity index (χ0v) is 18.0. The van der Waals surface area contributed by atoms with E-state index in [0.717, 1.165) is 28.5 Å². The van der Waals surface area contributed by atoms with Crippen molar-refractivity contribution in [1.82, 2.24) is 19.7 Å². The molecule has 0 atom stereocenters. The SMILES string of the molecule is Cc1ccn(-c2nc3[nH]c(=O)ccc3cc2-c2cc(C)c(NS(C)(=O)=O)c(Cl)c2)n1. The van der Waals surface area contributed by atoms with E-state index >= 15 is 0 Å². The lowest BCUT2D eigenvalue weighted by atomic mass is 10.0. The van der Waals surface area contributed by atoms with Gasteiger partial charge in [0.15, 0.2) is 5.82 Å². The van der Waals surface area contributed by atoms with Crippen molar-refractivity contribution in [2.45, 2.75) is 13.8 Å². The minimum Gasteiger partial charge on any atom is -0.307 e. The van der Waals surface area contributed by atoms with Crippen molar-refractivity contribution < 1.29 is 8.42 Å². The van der Waals surface area contributed by atoms with Crippen LogP contribution in [0.3, 0.4) is 0 Å². The minimum atomic E-state index is -3.48. The fraction of sp³-hybridized carbons (Fsp3) is 0.150. The number of aromatic amines is 1. The summed E-state index contributed by atoms with van der Waals surface area (Å²) in [5.74, 6) is 0.511. The maximum absolute atomic E-state index is 11.7. The Hall–Kier alpha value is -3.17. The minimum absolute atomic E-state index is 0.250. The molecule has 154 valence electrons. The number of benzene rings is 1. The molecule has 3 heterocycles. The summed E-state index contributed by atoms with van der Waals surface area (Å²) in [7, 11) is -3.48. The number of sulfonamides is 1. The van der Waals surface area contributed by atoms with Gasteiger partial charge in [-0.3, -0.25) is 9.52 Å². The predicted molar refractivity (Wildman–Crippen MR) is 118 cm³/mol. The van der Waals surface area contributed by atoms with Gasteiger partial charge in [0.1, 0.15) is 5.65 Å². The maximum atomic E-state index is 11.7. The van der Waals surface area contributed by atoms with Gasteiger partial charge in [-0.15, -0.1) is 0 Å². The Morgan fingerprint density at radius 3 is 2.53 bits per heavy atom. The third-order valence-electron chi connectivity index (χ3n) is 4.51. The van der Waals surface area contributed by atoms with E-state index in [9.17, 15) is 13.2 Å². The summed E-state index contributed by atoms with van der Waals surface area (Å²) >= 11 is 6.41. The first-order valence-electron chi connectivity index (χ1n) is 8.96. The van der Waals surface area contributed by atoms with Gasteiger partial charge in [-0.25, -0.2) is 18.1 Å². The number of anilines is 1. The van der Waals surface area contributed by atoms with Crippen molar-refractivity contribution in [3.05, 3.63) is 69.2 Å². The van der Waals surface area contributed by atoms with Gasteiger partial charge in [-0.2, -0.15) is 5.10 Å². The highest BCUT2D eigenvalue weighted by Gasteiger charge is 2.17. The summed E-state index contributed by atoms with van der Waals surface area (Å²) in [6.45, 7) is 3.64. The number of hydrogen-bond donors (Lipinski definition) is 2. The lowest BCUT2D eigenvalue weighted by Crippen LogP contribution is -2.11. The monoisotopic (exact) mass is 443 g/mol. The van der Waals surface area contributed by atoms with E-state index in [2.05, 4.69) is 19.8 Å². The zero-order chi connectivity index (χ0) is 21.6. The van der Waals surface area contributed by atoms with Crippen LogP contribution >= 0.6 is 11.6 Å². The molecule has 0 bridgehead atoms. The molecule has 2 N–H and O–H groups in total. The Morgan fingerprint density at radius 2 is 1.90 bits per heavy atom. The van der Waals surface area contributed by atoms with Crippen LogP contribution in [0.5, 0.6) is 0 Å². The predicted octanol–water partition coefficient (Wildman–Crippen LogP) is 3.42. The zero-order valence-electron chi connectivity index (χ0n) is 16.4. The molecule has 0 aliphatic heterocycles. The van der Waals surface area contributed by atoms with Crippen molar-refractivity contribution in [2.24, 2.45) is 0 Å². The third kappa shape index (κ3) is 3.94. The molecule has 0 aliphatic carbocycles. The quantitative estimate of drug-likeness (QED) is 0.502. The van der Waals surface area contributed by atoms with Gasteiger partial charge in [0, 0.05) is 23.2 Å². The van der Waals surface area contributed by atoms with Gasteiger partial charge in [0.2, 0.25) is 15.6 Å². The molecule has 3 aromatic heterocycles. The Kier molecular flexibility index (Phi) is 4.87. The molecule has 0 amide bonds. The molecule has 0 aliphatic rings. The number of hydrogen-bond acceptors (Lipinski definition) is 5. The molecule has 4 rings (SSSR count). The number of nitrogens with one attached hydrogen (secondary N) is 2. The standard InChI is InChI=1S/C20H18ClN5O3S/c1-11-8-14(10-16(21)18(11)25-30(3,28)29)15-9-13-4-5-17(27)22-19(13)23-20(15)26-7-6-12(2)24-26/h4-10,25H,1-3H3,(H,22,23,27). The number of fused-ring (bicyclic) bond motifs is 1. The van der Waals surface area contributed by atoms with Crippen LogP contribution in [0.4, 0.5) is 5.69 Å². The number of rotatable bonds is 4. The second-order valence-corrected chi connectivity index (χ2v) is 9.20. The molecular weight excluding hydrogens is 426 g/mol. The molecule has 30 heavy (non-hydrogen) atoms. The summed E-state index contributed by atoms with van der Waals surface area (Å²) < 4.78 is 27.4. The van der Waals surface area contributed by atoms with Gasteiger partial charge in [0.05, 0.1) is 22.7 Å². The summed E-state index contributed by atoms with van der Waals surface area (Å²) in [6, 6.07) is 10.4. The van der Waals surface area contributed by atoms with Gasteiger partial charge < -0.3 is 4.98 Å². The summed E-state index contributed by atoms with van der Waals surface area (Å²) in [5.41, 5.74) is 3.46. The van der Waals surface area contributed by atoms with Crippen molar-refractivity contribution >= 4 is 38.3 Å². The number of halogens is 1. The van der Waals surface area contributed by atoms with E-state index in [0.29, 0.717) is 22.7 Å². The Labute approximate surface area is 177 Å². The topological polar surface area (TPSA) is 110 Å². The molecule has 0 saturated carbocycles. The van der Waals surface area contributed by atoms with Crippen LogP contribution in [-0.2, 0) is 10.0 Å². The summed E-state index contributed by atoms with van der Waals surface area (Å²) in [4.78, 5) is 19.1. The maximum Gasteiger partial charge on any atom is 0.249 e. The largest absolute Gasteiger partial charge is 0.307 e. The highest BCUT2D eigenvalue weighted by molar-refractivity contribution is 7.92.